The summed E-state index contributed by atoms with van der Waals surface area (Å²) in [6, 6.07) is 13.6. The first-order valence-electron chi connectivity index (χ1n) is 10.4. The largest absolute Gasteiger partial charge is 0.444 e. The van der Waals surface area contributed by atoms with E-state index in [4.69, 9.17) is 13.6 Å². The molecule has 3 rings (SSSR count). The molecule has 32 heavy (non-hydrogen) atoms. The SMILES string of the molecule is CC(C)(C)[Si](C)(C)OCc1coc(-c2ccc(NC(=O)OCc3ccccc3)cc2F)n1. The molecule has 0 saturated carbocycles. The molecule has 1 heterocycles. The summed E-state index contributed by atoms with van der Waals surface area (Å²) < 4.78 is 31.4. The number of halogens is 1. The minimum Gasteiger partial charge on any atom is -0.444 e. The number of nitrogens with one attached hydrogen (secondary N) is 1. The van der Waals surface area contributed by atoms with Gasteiger partial charge in [0, 0.05) is 5.69 Å². The summed E-state index contributed by atoms with van der Waals surface area (Å²) in [6.07, 6.45) is 0.817. The number of rotatable bonds is 7. The lowest BCUT2D eigenvalue weighted by Gasteiger charge is -2.35. The second-order valence-corrected chi connectivity index (χ2v) is 13.9. The molecule has 1 N–H and O–H groups in total. The number of carbonyl (C=O) groups excluding carboxylic acids is 1. The van der Waals surface area contributed by atoms with Gasteiger partial charge in [-0.25, -0.2) is 14.2 Å². The van der Waals surface area contributed by atoms with Crippen molar-refractivity contribution in [3.8, 4) is 11.5 Å². The van der Waals surface area contributed by atoms with E-state index in [9.17, 15) is 9.18 Å². The van der Waals surface area contributed by atoms with Gasteiger partial charge < -0.3 is 13.6 Å². The first-order valence-corrected chi connectivity index (χ1v) is 13.3. The van der Waals surface area contributed by atoms with E-state index in [1.54, 1.807) is 6.07 Å². The van der Waals surface area contributed by atoms with E-state index in [1.807, 2.05) is 30.3 Å². The van der Waals surface area contributed by atoms with Gasteiger partial charge >= 0.3 is 6.09 Å². The van der Waals surface area contributed by atoms with E-state index in [2.05, 4.69) is 44.2 Å². The maximum absolute atomic E-state index is 14.7. The number of anilines is 1. The molecule has 0 spiro atoms. The molecule has 0 aliphatic carbocycles. The fraction of sp³-hybridized carbons (Fsp3) is 0.333. The lowest BCUT2D eigenvalue weighted by molar-refractivity contribution is 0.155. The summed E-state index contributed by atoms with van der Waals surface area (Å²) >= 11 is 0. The molecule has 0 radical (unpaired) electrons. The zero-order chi connectivity index (χ0) is 23.4. The summed E-state index contributed by atoms with van der Waals surface area (Å²) in [7, 11) is -1.93. The number of carbonyl (C=O) groups is 1. The molecule has 6 nitrogen and oxygen atoms in total. The van der Waals surface area contributed by atoms with Crippen LogP contribution in [0.2, 0.25) is 18.1 Å². The van der Waals surface area contributed by atoms with Crippen molar-refractivity contribution in [3.05, 3.63) is 71.9 Å². The van der Waals surface area contributed by atoms with E-state index < -0.39 is 20.2 Å². The van der Waals surface area contributed by atoms with Crippen LogP contribution < -0.4 is 5.32 Å². The minimum absolute atomic E-state index is 0.0801. The molecule has 0 aliphatic rings. The average Bonchev–Trinajstić information content (AvgIpc) is 3.20. The predicted octanol–water partition coefficient (Wildman–Crippen LogP) is 6.75. The van der Waals surface area contributed by atoms with E-state index in [1.165, 1.54) is 18.4 Å². The van der Waals surface area contributed by atoms with E-state index in [0.717, 1.165) is 5.56 Å². The van der Waals surface area contributed by atoms with Crippen LogP contribution in [0.25, 0.3) is 11.5 Å². The van der Waals surface area contributed by atoms with Crippen molar-refractivity contribution in [3.63, 3.8) is 0 Å². The van der Waals surface area contributed by atoms with Crippen LogP contribution in [0.1, 0.15) is 32.0 Å². The summed E-state index contributed by atoms with van der Waals surface area (Å²) in [5.41, 5.74) is 1.95. The van der Waals surface area contributed by atoms with Crippen molar-refractivity contribution in [2.75, 3.05) is 5.32 Å². The van der Waals surface area contributed by atoms with Crippen LogP contribution in [0.15, 0.2) is 59.2 Å². The third-order valence-electron chi connectivity index (χ3n) is 5.60. The zero-order valence-corrected chi connectivity index (χ0v) is 20.1. The van der Waals surface area contributed by atoms with Gasteiger partial charge in [0.15, 0.2) is 8.32 Å². The van der Waals surface area contributed by atoms with Crippen LogP contribution in [0, 0.1) is 5.82 Å². The Kier molecular flexibility index (Phi) is 7.15. The molecule has 0 saturated heterocycles. The molecule has 0 atom stereocenters. The molecular weight excluding hydrogens is 427 g/mol. The number of amides is 1. The number of ether oxygens (including phenoxy) is 1. The molecular formula is C24H29FN2O4Si. The third kappa shape index (κ3) is 6.05. The Morgan fingerprint density at radius 2 is 1.84 bits per heavy atom. The Morgan fingerprint density at radius 3 is 2.50 bits per heavy atom. The van der Waals surface area contributed by atoms with Crippen molar-refractivity contribution in [2.45, 2.75) is 52.1 Å². The number of nitrogens with zero attached hydrogens (tertiary/aromatic N) is 1. The molecule has 8 heteroatoms. The zero-order valence-electron chi connectivity index (χ0n) is 19.1. The number of aromatic nitrogens is 1. The molecule has 0 fully saturated rings. The van der Waals surface area contributed by atoms with Crippen molar-refractivity contribution < 1.29 is 22.8 Å². The van der Waals surface area contributed by atoms with Crippen LogP contribution in [-0.2, 0) is 22.4 Å². The predicted molar refractivity (Wildman–Crippen MR) is 124 cm³/mol. The Balaban J connectivity index is 1.60. The standard InChI is InChI=1S/C24H29FN2O4Si/c1-24(2,3)32(4,5)31-16-19-15-29-22(26-19)20-12-11-18(13-21(20)25)27-23(28)30-14-17-9-7-6-8-10-17/h6-13,15H,14,16H2,1-5H3,(H,27,28). The van der Waals surface area contributed by atoms with E-state index in [0.29, 0.717) is 12.3 Å². The van der Waals surface area contributed by atoms with Crippen molar-refractivity contribution in [1.82, 2.24) is 4.98 Å². The van der Waals surface area contributed by atoms with Gasteiger partial charge in [-0.15, -0.1) is 0 Å². The fourth-order valence-electron chi connectivity index (χ4n) is 2.61. The van der Waals surface area contributed by atoms with Gasteiger partial charge in [0.2, 0.25) is 5.89 Å². The highest BCUT2D eigenvalue weighted by Gasteiger charge is 2.37. The molecule has 1 amide bonds. The second-order valence-electron chi connectivity index (χ2n) is 9.07. The van der Waals surface area contributed by atoms with Crippen molar-refractivity contribution in [1.29, 1.82) is 0 Å². The third-order valence-corrected chi connectivity index (χ3v) is 10.1. The minimum atomic E-state index is -1.93. The Labute approximate surface area is 188 Å². The van der Waals surface area contributed by atoms with Gasteiger partial charge in [-0.05, 0) is 41.9 Å². The number of oxazole rings is 1. The maximum Gasteiger partial charge on any atom is 0.411 e. The van der Waals surface area contributed by atoms with Gasteiger partial charge in [0.1, 0.15) is 24.4 Å². The topological polar surface area (TPSA) is 73.6 Å². The molecule has 1 aromatic heterocycles. The molecule has 0 bridgehead atoms. The fourth-order valence-corrected chi connectivity index (χ4v) is 3.55. The summed E-state index contributed by atoms with van der Waals surface area (Å²) in [5.74, 6) is -0.404. The Hall–Kier alpha value is -2.97. The van der Waals surface area contributed by atoms with Gasteiger partial charge in [0.05, 0.1) is 12.2 Å². The maximum atomic E-state index is 14.7. The quantitative estimate of drug-likeness (QED) is 0.398. The monoisotopic (exact) mass is 456 g/mol. The van der Waals surface area contributed by atoms with Gasteiger partial charge in [-0.2, -0.15) is 0 Å². The normalized spacial score (nSPS) is 11.9. The molecule has 0 unspecified atom stereocenters. The first kappa shape index (κ1) is 23.7. The summed E-state index contributed by atoms with van der Waals surface area (Å²) in [5, 5.41) is 2.60. The Bertz CT molecular complexity index is 1060. The van der Waals surface area contributed by atoms with Crippen LogP contribution in [-0.4, -0.2) is 19.4 Å². The lowest BCUT2D eigenvalue weighted by Crippen LogP contribution is -2.40. The van der Waals surface area contributed by atoms with Crippen LogP contribution in [0.3, 0.4) is 0 Å². The van der Waals surface area contributed by atoms with E-state index in [-0.39, 0.29) is 28.8 Å². The molecule has 2 aromatic carbocycles. The Morgan fingerprint density at radius 1 is 1.12 bits per heavy atom. The van der Waals surface area contributed by atoms with Gasteiger partial charge in [-0.1, -0.05) is 51.1 Å². The highest BCUT2D eigenvalue weighted by Crippen LogP contribution is 2.37. The number of hydrogen-bond donors (Lipinski definition) is 1. The molecule has 170 valence electrons. The smallest absolute Gasteiger partial charge is 0.411 e. The van der Waals surface area contributed by atoms with Crippen LogP contribution >= 0.6 is 0 Å². The lowest BCUT2D eigenvalue weighted by atomic mass is 10.2. The van der Waals surface area contributed by atoms with Crippen molar-refractivity contribution >= 4 is 20.1 Å². The molecule has 0 aliphatic heterocycles. The second kappa shape index (κ2) is 9.66. The van der Waals surface area contributed by atoms with E-state index >= 15 is 0 Å². The highest BCUT2D eigenvalue weighted by molar-refractivity contribution is 6.74. The van der Waals surface area contributed by atoms with Crippen LogP contribution in [0.5, 0.6) is 0 Å². The number of hydrogen-bond acceptors (Lipinski definition) is 5. The van der Waals surface area contributed by atoms with Crippen LogP contribution in [0.4, 0.5) is 14.9 Å². The summed E-state index contributed by atoms with van der Waals surface area (Å²) in [4.78, 5) is 16.3. The highest BCUT2D eigenvalue weighted by atomic mass is 28.4. The number of benzene rings is 2. The van der Waals surface area contributed by atoms with Gasteiger partial charge in [-0.3, -0.25) is 5.32 Å². The van der Waals surface area contributed by atoms with Gasteiger partial charge in [0.25, 0.3) is 0 Å². The summed E-state index contributed by atoms with van der Waals surface area (Å²) in [6.45, 7) is 11.2. The van der Waals surface area contributed by atoms with Crippen molar-refractivity contribution in [2.24, 2.45) is 0 Å². The molecule has 3 aromatic rings. The first-order chi connectivity index (χ1) is 15.0. The average molecular weight is 457 g/mol.